The molecule has 1 amide bonds. The smallest absolute Gasteiger partial charge is 0.247 e. The van der Waals surface area contributed by atoms with Gasteiger partial charge in [0.05, 0.1) is 5.69 Å². The van der Waals surface area contributed by atoms with Gasteiger partial charge in [-0.3, -0.25) is 4.79 Å². The summed E-state index contributed by atoms with van der Waals surface area (Å²) in [5.41, 5.74) is 7.13. The largest absolute Gasteiger partial charge is 0.492 e. The molecule has 1 aliphatic rings. The average Bonchev–Trinajstić information content (AvgIpc) is 2.38. The minimum Gasteiger partial charge on any atom is -0.492 e. The van der Waals surface area contributed by atoms with Crippen LogP contribution in [0.3, 0.4) is 0 Å². The van der Waals surface area contributed by atoms with E-state index in [1.807, 2.05) is 25.1 Å². The van der Waals surface area contributed by atoms with Gasteiger partial charge < -0.3 is 10.5 Å². The lowest BCUT2D eigenvalue weighted by Crippen LogP contribution is -2.28. The summed E-state index contributed by atoms with van der Waals surface area (Å²) in [4.78, 5) is 11.7. The van der Waals surface area contributed by atoms with Crippen LogP contribution in [0, 0.1) is 6.92 Å². The van der Waals surface area contributed by atoms with Crippen molar-refractivity contribution < 1.29 is 9.53 Å². The van der Waals surface area contributed by atoms with Crippen molar-refractivity contribution >= 4 is 17.8 Å². The molecule has 0 bridgehead atoms. The number of benzene rings is 1. The van der Waals surface area contributed by atoms with Crippen LogP contribution in [0.15, 0.2) is 23.3 Å². The molecule has 0 aromatic heterocycles. The quantitative estimate of drug-likeness (QED) is 0.875. The fraction of sp³-hybridized carbons (Fsp3) is 0.385. The SMILES string of the molecule is Cc1cc(N2N=CCCC2=O)ccc1OCCN. The normalized spacial score (nSPS) is 15.0. The summed E-state index contributed by atoms with van der Waals surface area (Å²) in [7, 11) is 0. The highest BCUT2D eigenvalue weighted by Crippen LogP contribution is 2.26. The van der Waals surface area contributed by atoms with Gasteiger partial charge in [-0.2, -0.15) is 5.10 Å². The maximum Gasteiger partial charge on any atom is 0.247 e. The van der Waals surface area contributed by atoms with Crippen molar-refractivity contribution in [3.63, 3.8) is 0 Å². The lowest BCUT2D eigenvalue weighted by atomic mass is 10.2. The predicted octanol–water partition coefficient (Wildman–Crippen LogP) is 1.45. The summed E-state index contributed by atoms with van der Waals surface area (Å²) >= 11 is 0. The third-order valence-electron chi connectivity index (χ3n) is 2.70. The Hall–Kier alpha value is -1.88. The Kier molecular flexibility index (Phi) is 3.94. The zero-order valence-electron chi connectivity index (χ0n) is 10.4. The van der Waals surface area contributed by atoms with Gasteiger partial charge >= 0.3 is 0 Å². The van der Waals surface area contributed by atoms with E-state index in [2.05, 4.69) is 5.10 Å². The molecule has 1 heterocycles. The standard InChI is InChI=1S/C13H17N3O2/c1-10-9-11(4-5-12(10)18-8-6-14)16-13(17)3-2-7-15-16/h4-5,7,9H,2-3,6,8,14H2,1H3. The van der Waals surface area contributed by atoms with Gasteiger partial charge in [0, 0.05) is 19.2 Å². The number of amides is 1. The average molecular weight is 247 g/mol. The molecule has 5 heteroatoms. The van der Waals surface area contributed by atoms with Gasteiger partial charge in [0.2, 0.25) is 5.91 Å². The van der Waals surface area contributed by atoms with E-state index in [1.54, 1.807) is 6.21 Å². The zero-order valence-corrected chi connectivity index (χ0v) is 10.4. The van der Waals surface area contributed by atoms with Crippen LogP contribution < -0.4 is 15.5 Å². The van der Waals surface area contributed by atoms with Crippen LogP contribution in [-0.2, 0) is 4.79 Å². The molecular formula is C13H17N3O2. The fourth-order valence-electron chi connectivity index (χ4n) is 1.80. The predicted molar refractivity (Wildman–Crippen MR) is 70.9 cm³/mol. The van der Waals surface area contributed by atoms with E-state index in [-0.39, 0.29) is 5.91 Å². The van der Waals surface area contributed by atoms with Gasteiger partial charge in [0.25, 0.3) is 0 Å². The number of carbonyl (C=O) groups is 1. The molecule has 0 fully saturated rings. The van der Waals surface area contributed by atoms with Gasteiger partial charge in [0.1, 0.15) is 12.4 Å². The number of ether oxygens (including phenoxy) is 1. The second kappa shape index (κ2) is 5.64. The minimum atomic E-state index is 0.0209. The summed E-state index contributed by atoms with van der Waals surface area (Å²) in [5.74, 6) is 0.810. The number of hydrazone groups is 1. The monoisotopic (exact) mass is 247 g/mol. The molecule has 0 radical (unpaired) electrons. The molecule has 0 saturated heterocycles. The van der Waals surface area contributed by atoms with Crippen molar-refractivity contribution in [2.45, 2.75) is 19.8 Å². The van der Waals surface area contributed by atoms with Gasteiger partial charge in [-0.25, -0.2) is 5.01 Å². The fourth-order valence-corrected chi connectivity index (χ4v) is 1.80. The Morgan fingerprint density at radius 1 is 1.50 bits per heavy atom. The Morgan fingerprint density at radius 3 is 3.00 bits per heavy atom. The van der Waals surface area contributed by atoms with Crippen molar-refractivity contribution in [2.24, 2.45) is 10.8 Å². The number of hydrogen-bond donors (Lipinski definition) is 1. The van der Waals surface area contributed by atoms with Crippen LogP contribution in [0.25, 0.3) is 0 Å². The number of rotatable bonds is 4. The van der Waals surface area contributed by atoms with Crippen LogP contribution in [0.1, 0.15) is 18.4 Å². The van der Waals surface area contributed by atoms with E-state index < -0.39 is 0 Å². The van der Waals surface area contributed by atoms with Crippen LogP contribution in [-0.4, -0.2) is 25.3 Å². The molecule has 96 valence electrons. The molecule has 1 aliphatic heterocycles. The van der Waals surface area contributed by atoms with E-state index in [1.165, 1.54) is 5.01 Å². The van der Waals surface area contributed by atoms with Gasteiger partial charge in [-0.15, -0.1) is 0 Å². The van der Waals surface area contributed by atoms with Crippen LogP contribution in [0.4, 0.5) is 5.69 Å². The first-order valence-electron chi connectivity index (χ1n) is 6.01. The molecule has 0 unspecified atom stereocenters. The first kappa shape index (κ1) is 12.6. The van der Waals surface area contributed by atoms with Gasteiger partial charge in [0.15, 0.2) is 0 Å². The first-order valence-corrected chi connectivity index (χ1v) is 6.01. The second-order valence-corrected chi connectivity index (χ2v) is 4.13. The molecular weight excluding hydrogens is 230 g/mol. The minimum absolute atomic E-state index is 0.0209. The number of nitrogens with zero attached hydrogens (tertiary/aromatic N) is 2. The van der Waals surface area contributed by atoms with Crippen LogP contribution >= 0.6 is 0 Å². The first-order chi connectivity index (χ1) is 8.72. The highest BCUT2D eigenvalue weighted by Gasteiger charge is 2.17. The Balaban J connectivity index is 2.20. The summed E-state index contributed by atoms with van der Waals surface area (Å²) in [6.45, 7) is 2.91. The van der Waals surface area contributed by atoms with E-state index in [9.17, 15) is 4.79 Å². The van der Waals surface area contributed by atoms with Crippen molar-refractivity contribution in [1.82, 2.24) is 0 Å². The number of carbonyl (C=O) groups excluding carboxylic acids is 1. The lowest BCUT2D eigenvalue weighted by Gasteiger charge is -2.21. The molecule has 0 spiro atoms. The van der Waals surface area contributed by atoms with E-state index in [4.69, 9.17) is 10.5 Å². The lowest BCUT2D eigenvalue weighted by molar-refractivity contribution is -0.118. The Morgan fingerprint density at radius 2 is 2.33 bits per heavy atom. The van der Waals surface area contributed by atoms with Crippen molar-refractivity contribution in [3.05, 3.63) is 23.8 Å². The molecule has 1 aromatic carbocycles. The van der Waals surface area contributed by atoms with Crippen molar-refractivity contribution in [1.29, 1.82) is 0 Å². The van der Waals surface area contributed by atoms with E-state index in [0.29, 0.717) is 26.0 Å². The van der Waals surface area contributed by atoms with Crippen LogP contribution in [0.5, 0.6) is 5.75 Å². The molecule has 5 nitrogen and oxygen atoms in total. The van der Waals surface area contributed by atoms with Gasteiger partial charge in [-0.05, 0) is 37.1 Å². The second-order valence-electron chi connectivity index (χ2n) is 4.13. The van der Waals surface area contributed by atoms with Crippen molar-refractivity contribution in [2.75, 3.05) is 18.2 Å². The third-order valence-corrected chi connectivity index (χ3v) is 2.70. The molecule has 18 heavy (non-hydrogen) atoms. The third kappa shape index (κ3) is 2.68. The molecule has 0 saturated carbocycles. The summed E-state index contributed by atoms with van der Waals surface area (Å²) < 4.78 is 5.49. The maximum atomic E-state index is 11.7. The Labute approximate surface area is 106 Å². The number of nitrogens with two attached hydrogens (primary N) is 1. The topological polar surface area (TPSA) is 67.9 Å². The van der Waals surface area contributed by atoms with E-state index in [0.717, 1.165) is 17.0 Å². The summed E-state index contributed by atoms with van der Waals surface area (Å²) in [6.07, 6.45) is 2.98. The maximum absolute atomic E-state index is 11.7. The molecule has 1 aromatic rings. The van der Waals surface area contributed by atoms with E-state index >= 15 is 0 Å². The summed E-state index contributed by atoms with van der Waals surface area (Å²) in [6, 6.07) is 5.57. The van der Waals surface area contributed by atoms with Crippen molar-refractivity contribution in [3.8, 4) is 5.75 Å². The number of aryl methyl sites for hydroxylation is 1. The highest BCUT2D eigenvalue weighted by atomic mass is 16.5. The molecule has 2 rings (SSSR count). The highest BCUT2D eigenvalue weighted by molar-refractivity contribution is 5.97. The molecule has 2 N–H and O–H groups in total. The summed E-state index contributed by atoms with van der Waals surface area (Å²) in [5, 5.41) is 5.55. The zero-order chi connectivity index (χ0) is 13.0. The van der Waals surface area contributed by atoms with Gasteiger partial charge in [-0.1, -0.05) is 0 Å². The Bertz CT molecular complexity index is 471. The number of hydrogen-bond acceptors (Lipinski definition) is 4. The number of anilines is 1. The van der Waals surface area contributed by atoms with Crippen LogP contribution in [0.2, 0.25) is 0 Å². The molecule has 0 aliphatic carbocycles. The molecule has 0 atom stereocenters.